The van der Waals surface area contributed by atoms with Crippen molar-refractivity contribution in [2.24, 2.45) is 5.92 Å². The maximum Gasteiger partial charge on any atom is 0.410 e. The van der Waals surface area contributed by atoms with Crippen molar-refractivity contribution in [1.82, 2.24) is 4.90 Å². The first-order chi connectivity index (χ1) is 7.63. The number of nitrogens with zero attached hydrogens (tertiary/aromatic N) is 1. The molecule has 0 aromatic heterocycles. The maximum atomic E-state index is 11.3. The van der Waals surface area contributed by atoms with E-state index in [1.54, 1.807) is 0 Å². The molecule has 1 saturated heterocycles. The van der Waals surface area contributed by atoms with Crippen LogP contribution >= 0.6 is 0 Å². The lowest BCUT2D eigenvalue weighted by Gasteiger charge is -2.30. The van der Waals surface area contributed by atoms with Crippen molar-refractivity contribution in [2.45, 2.75) is 19.3 Å². The number of carbonyl (C=O) groups excluding carboxylic acids is 1. The molecule has 1 fully saturated rings. The summed E-state index contributed by atoms with van der Waals surface area (Å²) >= 11 is 0. The smallest absolute Gasteiger partial charge is 0.410 e. The molecule has 0 saturated carbocycles. The summed E-state index contributed by atoms with van der Waals surface area (Å²) in [6, 6.07) is 0. The van der Waals surface area contributed by atoms with Gasteiger partial charge in [-0.1, -0.05) is 0 Å². The third-order valence-electron chi connectivity index (χ3n) is 2.72. The Hall–Kier alpha value is -1.30. The number of carboxylic acid groups (broad SMARTS) is 1. The van der Waals surface area contributed by atoms with E-state index in [9.17, 15) is 14.7 Å². The molecule has 91 valence electrons. The number of carbonyl (C=O) groups is 2. The zero-order chi connectivity index (χ0) is 12.0. The van der Waals surface area contributed by atoms with Crippen molar-refractivity contribution >= 4 is 12.1 Å². The monoisotopic (exact) mass is 230 g/mol. The number of carboxylic acids is 1. The third-order valence-corrected chi connectivity index (χ3v) is 2.72. The molecule has 0 atom stereocenters. The first-order valence-corrected chi connectivity index (χ1v) is 5.35. The molecule has 1 amide bonds. The van der Waals surface area contributed by atoms with Gasteiger partial charge in [0.05, 0.1) is 6.61 Å². The summed E-state index contributed by atoms with van der Waals surface area (Å²) in [6.07, 6.45) is 1.66. The molecule has 0 aromatic rings. The zero-order valence-electron chi connectivity index (χ0n) is 9.05. The van der Waals surface area contributed by atoms with Crippen LogP contribution in [0.15, 0.2) is 0 Å². The molecule has 1 aliphatic rings. The van der Waals surface area contributed by atoms with Gasteiger partial charge in [0.15, 0.2) is 6.61 Å². The molecule has 0 bridgehead atoms. The van der Waals surface area contributed by atoms with Gasteiger partial charge in [-0.05, 0) is 25.2 Å². The molecule has 6 heteroatoms. The van der Waals surface area contributed by atoms with E-state index in [0.717, 1.165) is 12.8 Å². The van der Waals surface area contributed by atoms with Gasteiger partial charge >= 0.3 is 12.1 Å². The number of rotatable bonds is 4. The largest absolute Gasteiger partial charge is 0.479 e. The fourth-order valence-corrected chi connectivity index (χ4v) is 1.79. The van der Waals surface area contributed by atoms with Gasteiger partial charge in [0, 0.05) is 13.1 Å². The summed E-state index contributed by atoms with van der Waals surface area (Å²) in [6.45, 7) is 0.416. The van der Waals surface area contributed by atoms with Crippen LogP contribution in [0, 0.1) is 5.92 Å². The summed E-state index contributed by atoms with van der Waals surface area (Å²) in [5, 5.41) is 18.8. The normalized spacial score (nSPS) is 17.2. The molecule has 0 aromatic carbocycles. The number of hydrogen-bond donors (Lipinski definition) is 1. The molecule has 0 unspecified atom stereocenters. The SMILES string of the molecule is [O]CCC1CCN(C(=O)OCC(=O)O)CC1. The quantitative estimate of drug-likeness (QED) is 0.771. The Bertz CT molecular complexity index is 248. The lowest BCUT2D eigenvalue weighted by Crippen LogP contribution is -2.39. The standard InChI is InChI=1S/C10H16NO5/c12-6-3-8-1-4-11(5-2-8)10(15)16-7-9(13)14/h8H,1-7H2,(H,13,14). The second-order valence-electron chi connectivity index (χ2n) is 3.87. The van der Waals surface area contributed by atoms with E-state index in [1.165, 1.54) is 4.90 Å². The molecule has 1 heterocycles. The lowest BCUT2D eigenvalue weighted by atomic mass is 9.94. The molecule has 1 radical (unpaired) electrons. The van der Waals surface area contributed by atoms with Crippen LogP contribution in [-0.2, 0) is 14.6 Å². The Kier molecular flexibility index (Phi) is 5.04. The van der Waals surface area contributed by atoms with Crippen molar-refractivity contribution in [3.05, 3.63) is 0 Å². The van der Waals surface area contributed by atoms with E-state index < -0.39 is 18.7 Å². The average Bonchev–Trinajstić information content (AvgIpc) is 2.27. The fraction of sp³-hybridized carbons (Fsp3) is 0.800. The summed E-state index contributed by atoms with van der Waals surface area (Å²) in [5.41, 5.74) is 0. The summed E-state index contributed by atoms with van der Waals surface area (Å²) < 4.78 is 4.56. The van der Waals surface area contributed by atoms with Gasteiger partial charge < -0.3 is 14.7 Å². The lowest BCUT2D eigenvalue weighted by molar-refractivity contribution is -0.140. The van der Waals surface area contributed by atoms with Crippen LogP contribution in [-0.4, -0.2) is 48.4 Å². The number of hydrogen-bond acceptors (Lipinski definition) is 3. The number of ether oxygens (including phenoxy) is 1. The molecule has 1 N–H and O–H groups in total. The van der Waals surface area contributed by atoms with Gasteiger partial charge in [0.25, 0.3) is 0 Å². The Morgan fingerprint density at radius 3 is 2.44 bits per heavy atom. The van der Waals surface area contributed by atoms with Crippen LogP contribution in [0.3, 0.4) is 0 Å². The van der Waals surface area contributed by atoms with Gasteiger partial charge in [-0.2, -0.15) is 0 Å². The Balaban J connectivity index is 2.24. The summed E-state index contributed by atoms with van der Waals surface area (Å²) in [7, 11) is 0. The summed E-state index contributed by atoms with van der Waals surface area (Å²) in [4.78, 5) is 23.0. The van der Waals surface area contributed by atoms with E-state index >= 15 is 0 Å². The highest BCUT2D eigenvalue weighted by atomic mass is 16.6. The molecule has 0 spiro atoms. The van der Waals surface area contributed by atoms with E-state index in [4.69, 9.17) is 5.11 Å². The zero-order valence-corrected chi connectivity index (χ0v) is 9.05. The molecular weight excluding hydrogens is 214 g/mol. The van der Waals surface area contributed by atoms with Gasteiger partial charge in [-0.15, -0.1) is 0 Å². The van der Waals surface area contributed by atoms with Crippen molar-refractivity contribution < 1.29 is 24.5 Å². The molecular formula is C10H16NO5. The molecule has 6 nitrogen and oxygen atoms in total. The second kappa shape index (κ2) is 6.32. The van der Waals surface area contributed by atoms with Crippen LogP contribution < -0.4 is 0 Å². The van der Waals surface area contributed by atoms with Gasteiger partial charge in [0.2, 0.25) is 0 Å². The number of amides is 1. The molecule has 1 aliphatic heterocycles. The predicted octanol–water partition coefficient (Wildman–Crippen LogP) is 0.740. The van der Waals surface area contributed by atoms with Gasteiger partial charge in [-0.25, -0.2) is 14.7 Å². The van der Waals surface area contributed by atoms with Crippen molar-refractivity contribution in [1.29, 1.82) is 0 Å². The number of likely N-dealkylation sites (tertiary alicyclic amines) is 1. The third kappa shape index (κ3) is 4.06. The molecule has 16 heavy (non-hydrogen) atoms. The van der Waals surface area contributed by atoms with E-state index in [-0.39, 0.29) is 6.61 Å². The molecule has 0 aliphatic carbocycles. The highest BCUT2D eigenvalue weighted by Crippen LogP contribution is 2.20. The number of aliphatic carboxylic acids is 1. The minimum Gasteiger partial charge on any atom is -0.479 e. The van der Waals surface area contributed by atoms with Gasteiger partial charge in [-0.3, -0.25) is 0 Å². The Morgan fingerprint density at radius 2 is 1.94 bits per heavy atom. The van der Waals surface area contributed by atoms with Crippen LogP contribution in [0.4, 0.5) is 4.79 Å². The minimum absolute atomic E-state index is 0.0753. The Morgan fingerprint density at radius 1 is 1.31 bits per heavy atom. The van der Waals surface area contributed by atoms with E-state index in [0.29, 0.717) is 25.4 Å². The van der Waals surface area contributed by atoms with Crippen LogP contribution in [0.1, 0.15) is 19.3 Å². The fourth-order valence-electron chi connectivity index (χ4n) is 1.79. The Labute approximate surface area is 93.8 Å². The van der Waals surface area contributed by atoms with Gasteiger partial charge in [0.1, 0.15) is 0 Å². The first-order valence-electron chi connectivity index (χ1n) is 5.35. The molecule has 1 rings (SSSR count). The van der Waals surface area contributed by atoms with Crippen molar-refractivity contribution in [3.63, 3.8) is 0 Å². The van der Waals surface area contributed by atoms with E-state index in [2.05, 4.69) is 4.74 Å². The first kappa shape index (κ1) is 12.8. The average molecular weight is 230 g/mol. The summed E-state index contributed by atoms with van der Waals surface area (Å²) in [5.74, 6) is -0.768. The van der Waals surface area contributed by atoms with E-state index in [1.807, 2.05) is 0 Å². The van der Waals surface area contributed by atoms with Crippen molar-refractivity contribution in [2.75, 3.05) is 26.3 Å². The highest BCUT2D eigenvalue weighted by Gasteiger charge is 2.23. The number of piperidine rings is 1. The topological polar surface area (TPSA) is 86.7 Å². The highest BCUT2D eigenvalue weighted by molar-refractivity contribution is 5.74. The maximum absolute atomic E-state index is 11.3. The van der Waals surface area contributed by atoms with Crippen molar-refractivity contribution in [3.8, 4) is 0 Å². The minimum atomic E-state index is -1.16. The predicted molar refractivity (Wildman–Crippen MR) is 53.5 cm³/mol. The van der Waals surface area contributed by atoms with Crippen LogP contribution in [0.5, 0.6) is 0 Å². The van der Waals surface area contributed by atoms with Crippen LogP contribution in [0.2, 0.25) is 0 Å². The second-order valence-corrected chi connectivity index (χ2v) is 3.87. The van der Waals surface area contributed by atoms with Crippen LogP contribution in [0.25, 0.3) is 0 Å².